The maximum absolute atomic E-state index is 5.90. The predicted molar refractivity (Wildman–Crippen MR) is 70.2 cm³/mol. The molecule has 0 radical (unpaired) electrons. The second-order valence-electron chi connectivity index (χ2n) is 4.86. The van der Waals surface area contributed by atoms with Gasteiger partial charge in [-0.25, -0.2) is 4.98 Å². The second-order valence-corrected chi connectivity index (χ2v) is 4.86. The van der Waals surface area contributed by atoms with Crippen LogP contribution >= 0.6 is 0 Å². The van der Waals surface area contributed by atoms with Crippen molar-refractivity contribution in [3.05, 3.63) is 17.8 Å². The highest BCUT2D eigenvalue weighted by Gasteiger charge is 2.16. The van der Waals surface area contributed by atoms with Gasteiger partial charge in [0.1, 0.15) is 5.82 Å². The van der Waals surface area contributed by atoms with Crippen LogP contribution in [0, 0.1) is 12.8 Å². The van der Waals surface area contributed by atoms with Crippen molar-refractivity contribution < 1.29 is 4.74 Å². The fourth-order valence-corrected chi connectivity index (χ4v) is 2.17. The van der Waals surface area contributed by atoms with Crippen molar-refractivity contribution in [2.75, 3.05) is 37.4 Å². The number of aryl methyl sites for hydroxylation is 1. The highest BCUT2D eigenvalue weighted by molar-refractivity contribution is 5.54. The van der Waals surface area contributed by atoms with Gasteiger partial charge in [-0.2, -0.15) is 0 Å². The van der Waals surface area contributed by atoms with Gasteiger partial charge in [-0.05, 0) is 31.2 Å². The van der Waals surface area contributed by atoms with Crippen LogP contribution in [0.5, 0.6) is 0 Å². The molecule has 1 unspecified atom stereocenters. The second kappa shape index (κ2) is 5.36. The van der Waals surface area contributed by atoms with Crippen molar-refractivity contribution in [2.45, 2.75) is 19.8 Å². The van der Waals surface area contributed by atoms with Crippen molar-refractivity contribution in [1.82, 2.24) is 4.98 Å². The lowest BCUT2D eigenvalue weighted by atomic mass is 10.0. The molecule has 0 aliphatic carbocycles. The number of hydrogen-bond acceptors (Lipinski definition) is 4. The Balaban J connectivity index is 1.98. The van der Waals surface area contributed by atoms with Crippen LogP contribution < -0.4 is 10.6 Å². The minimum Gasteiger partial charge on any atom is -0.398 e. The van der Waals surface area contributed by atoms with Gasteiger partial charge >= 0.3 is 0 Å². The molecule has 2 heterocycles. The highest BCUT2D eigenvalue weighted by Crippen LogP contribution is 2.20. The summed E-state index contributed by atoms with van der Waals surface area (Å²) >= 11 is 0. The molecule has 0 spiro atoms. The average Bonchev–Trinajstić information content (AvgIpc) is 2.34. The van der Waals surface area contributed by atoms with Crippen molar-refractivity contribution >= 4 is 11.5 Å². The SMILES string of the molecule is Cc1cnc(N(C)CC2CCCOC2)cc1N. The van der Waals surface area contributed by atoms with Gasteiger partial charge in [0.15, 0.2) is 0 Å². The number of anilines is 2. The molecular weight excluding hydrogens is 214 g/mol. The van der Waals surface area contributed by atoms with Gasteiger partial charge in [0.05, 0.1) is 6.61 Å². The third-order valence-corrected chi connectivity index (χ3v) is 3.31. The molecule has 1 saturated heterocycles. The van der Waals surface area contributed by atoms with E-state index in [2.05, 4.69) is 16.9 Å². The molecule has 1 atom stereocenters. The first-order chi connectivity index (χ1) is 8.16. The zero-order valence-electron chi connectivity index (χ0n) is 10.6. The number of hydrogen-bond donors (Lipinski definition) is 1. The van der Waals surface area contributed by atoms with E-state index in [9.17, 15) is 0 Å². The minimum atomic E-state index is 0.609. The van der Waals surface area contributed by atoms with E-state index in [0.29, 0.717) is 5.92 Å². The van der Waals surface area contributed by atoms with E-state index >= 15 is 0 Å². The zero-order valence-corrected chi connectivity index (χ0v) is 10.6. The molecule has 2 N–H and O–H groups in total. The van der Waals surface area contributed by atoms with E-state index in [1.807, 2.05) is 19.2 Å². The molecule has 1 aliphatic rings. The van der Waals surface area contributed by atoms with Crippen LogP contribution in [0.15, 0.2) is 12.3 Å². The zero-order chi connectivity index (χ0) is 12.3. The highest BCUT2D eigenvalue weighted by atomic mass is 16.5. The van der Waals surface area contributed by atoms with E-state index < -0.39 is 0 Å². The minimum absolute atomic E-state index is 0.609. The van der Waals surface area contributed by atoms with Gasteiger partial charge in [-0.3, -0.25) is 0 Å². The van der Waals surface area contributed by atoms with Crippen LogP contribution in [-0.2, 0) is 4.74 Å². The lowest BCUT2D eigenvalue weighted by Crippen LogP contribution is -2.31. The Morgan fingerprint density at radius 2 is 2.41 bits per heavy atom. The number of aromatic nitrogens is 1. The van der Waals surface area contributed by atoms with E-state index in [0.717, 1.165) is 36.8 Å². The number of nitrogens with zero attached hydrogens (tertiary/aromatic N) is 2. The quantitative estimate of drug-likeness (QED) is 0.868. The molecular formula is C13H21N3O. The van der Waals surface area contributed by atoms with Gasteiger partial charge < -0.3 is 15.4 Å². The van der Waals surface area contributed by atoms with Gasteiger partial charge in [-0.15, -0.1) is 0 Å². The molecule has 2 rings (SSSR count). The number of ether oxygens (including phenoxy) is 1. The fraction of sp³-hybridized carbons (Fsp3) is 0.615. The first kappa shape index (κ1) is 12.2. The van der Waals surface area contributed by atoms with Gasteiger partial charge in [0.2, 0.25) is 0 Å². The lowest BCUT2D eigenvalue weighted by Gasteiger charge is -2.27. The maximum Gasteiger partial charge on any atom is 0.130 e. The summed E-state index contributed by atoms with van der Waals surface area (Å²) in [7, 11) is 2.06. The number of nitrogen functional groups attached to an aromatic ring is 1. The monoisotopic (exact) mass is 235 g/mol. The van der Waals surface area contributed by atoms with E-state index in [4.69, 9.17) is 10.5 Å². The van der Waals surface area contributed by atoms with Crippen LogP contribution in [-0.4, -0.2) is 31.8 Å². The van der Waals surface area contributed by atoms with Crippen molar-refractivity contribution in [1.29, 1.82) is 0 Å². The normalized spacial score (nSPS) is 20.2. The largest absolute Gasteiger partial charge is 0.398 e. The topological polar surface area (TPSA) is 51.4 Å². The van der Waals surface area contributed by atoms with Gasteiger partial charge in [0, 0.05) is 38.1 Å². The molecule has 17 heavy (non-hydrogen) atoms. The summed E-state index contributed by atoms with van der Waals surface area (Å²) in [5.74, 6) is 1.55. The van der Waals surface area contributed by atoms with Crippen LogP contribution in [0.25, 0.3) is 0 Å². The first-order valence-electron chi connectivity index (χ1n) is 6.18. The third-order valence-electron chi connectivity index (χ3n) is 3.31. The third kappa shape index (κ3) is 3.09. The Labute approximate surface area is 103 Å². The molecule has 1 aromatic heterocycles. The Hall–Kier alpha value is -1.29. The molecule has 94 valence electrons. The van der Waals surface area contributed by atoms with Gasteiger partial charge in [-0.1, -0.05) is 0 Å². The molecule has 4 heteroatoms. The van der Waals surface area contributed by atoms with Crippen molar-refractivity contribution in [2.24, 2.45) is 5.92 Å². The first-order valence-corrected chi connectivity index (χ1v) is 6.18. The fourth-order valence-electron chi connectivity index (χ4n) is 2.17. The molecule has 0 amide bonds. The van der Waals surface area contributed by atoms with Crippen LogP contribution in [0.4, 0.5) is 11.5 Å². The Bertz CT molecular complexity index is 375. The smallest absolute Gasteiger partial charge is 0.130 e. The number of nitrogens with two attached hydrogens (primary N) is 1. The van der Waals surface area contributed by atoms with E-state index in [1.54, 1.807) is 0 Å². The summed E-state index contributed by atoms with van der Waals surface area (Å²) in [5, 5.41) is 0. The Morgan fingerprint density at radius 1 is 1.59 bits per heavy atom. The molecule has 4 nitrogen and oxygen atoms in total. The van der Waals surface area contributed by atoms with Crippen LogP contribution in [0.2, 0.25) is 0 Å². The molecule has 0 saturated carbocycles. The van der Waals surface area contributed by atoms with Crippen LogP contribution in [0.3, 0.4) is 0 Å². The summed E-state index contributed by atoms with van der Waals surface area (Å²) in [6.07, 6.45) is 4.24. The van der Waals surface area contributed by atoms with Crippen molar-refractivity contribution in [3.8, 4) is 0 Å². The van der Waals surface area contributed by atoms with Crippen molar-refractivity contribution in [3.63, 3.8) is 0 Å². The number of pyridine rings is 1. The van der Waals surface area contributed by atoms with E-state index in [1.165, 1.54) is 12.8 Å². The lowest BCUT2D eigenvalue weighted by molar-refractivity contribution is 0.0576. The summed E-state index contributed by atoms with van der Waals surface area (Å²) in [6, 6.07) is 1.94. The maximum atomic E-state index is 5.90. The predicted octanol–water partition coefficient (Wildman–Crippen LogP) is 1.84. The standard InChI is InChI=1S/C13H21N3O/c1-10-7-15-13(6-12(10)14)16(2)8-11-4-3-5-17-9-11/h6-7,11H,3-5,8-9H2,1-2H3,(H2,14,15). The number of rotatable bonds is 3. The Morgan fingerprint density at radius 3 is 3.06 bits per heavy atom. The van der Waals surface area contributed by atoms with Crippen LogP contribution in [0.1, 0.15) is 18.4 Å². The molecule has 1 fully saturated rings. The summed E-state index contributed by atoms with van der Waals surface area (Å²) in [6.45, 7) is 4.73. The average molecular weight is 235 g/mol. The molecule has 1 aliphatic heterocycles. The molecule has 0 aromatic carbocycles. The van der Waals surface area contributed by atoms with Gasteiger partial charge in [0.25, 0.3) is 0 Å². The van der Waals surface area contributed by atoms with E-state index in [-0.39, 0.29) is 0 Å². The molecule has 1 aromatic rings. The molecule has 0 bridgehead atoms. The summed E-state index contributed by atoms with van der Waals surface area (Å²) in [4.78, 5) is 6.57. The summed E-state index contributed by atoms with van der Waals surface area (Å²) in [5.41, 5.74) is 7.74. The Kier molecular flexibility index (Phi) is 3.84. The summed E-state index contributed by atoms with van der Waals surface area (Å²) < 4.78 is 5.49.